The Morgan fingerprint density at radius 2 is 1.96 bits per heavy atom. The highest BCUT2D eigenvalue weighted by Crippen LogP contribution is 2.35. The van der Waals surface area contributed by atoms with Crippen LogP contribution in [0.1, 0.15) is 24.2 Å². The number of nitrogens with zero attached hydrogens (tertiary/aromatic N) is 2. The summed E-state index contributed by atoms with van der Waals surface area (Å²) in [6.45, 7) is 1.81. The fourth-order valence-electron chi connectivity index (χ4n) is 2.61. The van der Waals surface area contributed by atoms with Crippen LogP contribution >= 0.6 is 11.6 Å². The molecule has 3 rings (SSSR count). The number of hydrogen-bond acceptors (Lipinski definition) is 5. The summed E-state index contributed by atoms with van der Waals surface area (Å²) in [5.41, 5.74) is 2.54. The Morgan fingerprint density at radius 3 is 2.62 bits per heavy atom. The van der Waals surface area contributed by atoms with Crippen molar-refractivity contribution in [3.05, 3.63) is 76.2 Å². The lowest BCUT2D eigenvalue weighted by atomic mass is 9.95. The van der Waals surface area contributed by atoms with Crippen LogP contribution < -0.4 is 5.32 Å². The largest absolute Gasteiger partial charge is 0.466 e. The zero-order valence-corrected chi connectivity index (χ0v) is 14.0. The van der Waals surface area contributed by atoms with Crippen LogP contribution in [-0.2, 0) is 9.53 Å². The van der Waals surface area contributed by atoms with Crippen molar-refractivity contribution in [2.24, 2.45) is 4.99 Å². The van der Waals surface area contributed by atoms with Gasteiger partial charge in [-0.25, -0.2) is 4.79 Å². The predicted molar refractivity (Wildman–Crippen MR) is 92.8 cm³/mol. The van der Waals surface area contributed by atoms with E-state index in [-0.39, 0.29) is 0 Å². The van der Waals surface area contributed by atoms with E-state index in [0.717, 1.165) is 5.56 Å². The Hall–Kier alpha value is -2.66. The standard InChI is InChI=1S/C18H16ClN3O2/c1-11-15(18(23)24-2)16(12-7-3-4-8-13(12)19)22-17(21-11)14-9-5-6-10-20-14/h3-10,16H,1-2H3,(H,21,22)/t16-/m1/s1. The second kappa shape index (κ2) is 6.84. The lowest BCUT2D eigenvalue weighted by molar-refractivity contribution is -0.136. The third-order valence-corrected chi connectivity index (χ3v) is 4.10. The highest BCUT2D eigenvalue weighted by molar-refractivity contribution is 6.31. The normalized spacial score (nSPS) is 17.1. The van der Waals surface area contributed by atoms with E-state index in [1.165, 1.54) is 7.11 Å². The molecular weight excluding hydrogens is 326 g/mol. The van der Waals surface area contributed by atoms with Crippen LogP contribution in [0.25, 0.3) is 0 Å². The molecule has 1 aromatic heterocycles. The molecule has 0 fully saturated rings. The Balaban J connectivity index is 2.13. The molecule has 1 aliphatic heterocycles. The van der Waals surface area contributed by atoms with Gasteiger partial charge in [-0.1, -0.05) is 35.9 Å². The van der Waals surface area contributed by atoms with Crippen molar-refractivity contribution < 1.29 is 9.53 Å². The number of esters is 1. The molecule has 122 valence electrons. The zero-order valence-electron chi connectivity index (χ0n) is 13.3. The number of benzene rings is 1. The van der Waals surface area contributed by atoms with Crippen molar-refractivity contribution in [3.8, 4) is 0 Å². The smallest absolute Gasteiger partial charge is 0.338 e. The molecule has 0 spiro atoms. The molecule has 0 amide bonds. The van der Waals surface area contributed by atoms with E-state index >= 15 is 0 Å². The van der Waals surface area contributed by atoms with Crippen LogP contribution in [0, 0.1) is 0 Å². The lowest BCUT2D eigenvalue weighted by Crippen LogP contribution is -2.33. The molecular formula is C18H16ClN3O2. The van der Waals surface area contributed by atoms with Gasteiger partial charge in [-0.15, -0.1) is 0 Å². The summed E-state index contributed by atoms with van der Waals surface area (Å²) >= 11 is 6.33. The van der Waals surface area contributed by atoms with Crippen LogP contribution in [-0.4, -0.2) is 23.9 Å². The molecule has 2 heterocycles. The number of aliphatic imine (C=N–C) groups is 1. The minimum absolute atomic E-state index is 0.435. The number of carbonyl (C=O) groups excluding carboxylic acids is 1. The zero-order chi connectivity index (χ0) is 17.1. The lowest BCUT2D eigenvalue weighted by Gasteiger charge is -2.26. The number of halogens is 1. The molecule has 1 atom stereocenters. The number of methoxy groups -OCH3 is 1. The fourth-order valence-corrected chi connectivity index (χ4v) is 2.84. The molecule has 1 aromatic carbocycles. The molecule has 0 saturated carbocycles. The van der Waals surface area contributed by atoms with E-state index in [9.17, 15) is 4.79 Å². The molecule has 0 saturated heterocycles. The summed E-state index contributed by atoms with van der Waals surface area (Å²) in [6, 6.07) is 12.4. The van der Waals surface area contributed by atoms with E-state index in [1.807, 2.05) is 43.3 Å². The van der Waals surface area contributed by atoms with Crippen molar-refractivity contribution in [2.75, 3.05) is 7.11 Å². The van der Waals surface area contributed by atoms with Crippen molar-refractivity contribution in [1.29, 1.82) is 0 Å². The van der Waals surface area contributed by atoms with Crippen LogP contribution in [0.4, 0.5) is 0 Å². The molecule has 0 aliphatic carbocycles. The number of ether oxygens (including phenoxy) is 1. The Labute approximate surface area is 145 Å². The molecule has 6 heteroatoms. The summed E-state index contributed by atoms with van der Waals surface area (Å²) in [6.07, 6.45) is 1.69. The van der Waals surface area contributed by atoms with Crippen molar-refractivity contribution in [2.45, 2.75) is 13.0 Å². The number of hydrogen-bond donors (Lipinski definition) is 1. The minimum Gasteiger partial charge on any atom is -0.466 e. The number of rotatable bonds is 3. The monoisotopic (exact) mass is 341 g/mol. The second-order valence-electron chi connectivity index (χ2n) is 5.27. The number of nitrogens with one attached hydrogen (secondary N) is 1. The van der Waals surface area contributed by atoms with E-state index in [2.05, 4.69) is 15.3 Å². The van der Waals surface area contributed by atoms with Crippen molar-refractivity contribution >= 4 is 23.4 Å². The SMILES string of the molecule is COC(=O)C1=C(C)NC(c2ccccn2)=N[C@@H]1c1ccccc1Cl. The highest BCUT2D eigenvalue weighted by Gasteiger charge is 2.31. The number of aromatic nitrogens is 1. The fraction of sp³-hybridized carbons (Fsp3) is 0.167. The first-order valence-corrected chi connectivity index (χ1v) is 7.79. The molecule has 5 nitrogen and oxygen atoms in total. The van der Waals surface area contributed by atoms with E-state index in [1.54, 1.807) is 12.3 Å². The third kappa shape index (κ3) is 3.03. The van der Waals surface area contributed by atoms with Gasteiger partial charge >= 0.3 is 5.97 Å². The van der Waals surface area contributed by atoms with Gasteiger partial charge < -0.3 is 10.1 Å². The number of pyridine rings is 1. The number of allylic oxidation sites excluding steroid dienone is 1. The van der Waals surface area contributed by atoms with Gasteiger partial charge in [-0.2, -0.15) is 0 Å². The topological polar surface area (TPSA) is 63.6 Å². The highest BCUT2D eigenvalue weighted by atomic mass is 35.5. The van der Waals surface area contributed by atoms with E-state index in [0.29, 0.717) is 27.8 Å². The van der Waals surface area contributed by atoms with Gasteiger partial charge in [0.2, 0.25) is 0 Å². The van der Waals surface area contributed by atoms with Gasteiger partial charge in [-0.3, -0.25) is 9.98 Å². The van der Waals surface area contributed by atoms with Gasteiger partial charge in [0.15, 0.2) is 5.84 Å². The van der Waals surface area contributed by atoms with Gasteiger partial charge in [0.25, 0.3) is 0 Å². The summed E-state index contributed by atoms with van der Waals surface area (Å²) < 4.78 is 4.93. The summed E-state index contributed by atoms with van der Waals surface area (Å²) in [4.78, 5) is 21.3. The van der Waals surface area contributed by atoms with Crippen molar-refractivity contribution in [1.82, 2.24) is 10.3 Å². The number of amidine groups is 1. The molecule has 0 radical (unpaired) electrons. The Kier molecular flexibility index (Phi) is 4.62. The second-order valence-corrected chi connectivity index (χ2v) is 5.68. The molecule has 0 bridgehead atoms. The molecule has 2 aromatic rings. The third-order valence-electron chi connectivity index (χ3n) is 3.75. The summed E-state index contributed by atoms with van der Waals surface area (Å²) in [5.74, 6) is 0.152. The van der Waals surface area contributed by atoms with Crippen LogP contribution in [0.3, 0.4) is 0 Å². The van der Waals surface area contributed by atoms with Crippen LogP contribution in [0.5, 0.6) is 0 Å². The van der Waals surface area contributed by atoms with Gasteiger partial charge in [0, 0.05) is 22.5 Å². The molecule has 1 aliphatic rings. The Morgan fingerprint density at radius 1 is 1.21 bits per heavy atom. The van der Waals surface area contributed by atoms with Crippen LogP contribution in [0.15, 0.2) is 64.9 Å². The van der Waals surface area contributed by atoms with Gasteiger partial charge in [0.05, 0.1) is 12.7 Å². The van der Waals surface area contributed by atoms with Gasteiger partial charge in [0.1, 0.15) is 11.7 Å². The van der Waals surface area contributed by atoms with E-state index < -0.39 is 12.0 Å². The molecule has 24 heavy (non-hydrogen) atoms. The average Bonchev–Trinajstić information content (AvgIpc) is 2.61. The maximum absolute atomic E-state index is 12.3. The number of carbonyl (C=O) groups is 1. The van der Waals surface area contributed by atoms with Crippen LogP contribution in [0.2, 0.25) is 5.02 Å². The maximum atomic E-state index is 12.3. The first kappa shape index (κ1) is 16.2. The summed E-state index contributed by atoms with van der Waals surface area (Å²) in [5, 5.41) is 3.68. The first-order chi connectivity index (χ1) is 11.6. The molecule has 0 unspecified atom stereocenters. The van der Waals surface area contributed by atoms with Crippen molar-refractivity contribution in [3.63, 3.8) is 0 Å². The Bertz CT molecular complexity index is 831. The van der Waals surface area contributed by atoms with E-state index in [4.69, 9.17) is 16.3 Å². The minimum atomic E-state index is -0.551. The summed E-state index contributed by atoms with van der Waals surface area (Å²) in [7, 11) is 1.35. The first-order valence-electron chi connectivity index (χ1n) is 7.41. The predicted octanol–water partition coefficient (Wildman–Crippen LogP) is 3.27. The van der Waals surface area contributed by atoms with Gasteiger partial charge in [-0.05, 0) is 25.1 Å². The average molecular weight is 342 g/mol. The maximum Gasteiger partial charge on any atom is 0.338 e. The molecule has 1 N–H and O–H groups in total. The quantitative estimate of drug-likeness (QED) is 0.870.